The average molecular weight is 202 g/mol. The Kier molecular flexibility index (Phi) is 3.09. The van der Waals surface area contributed by atoms with Crippen molar-refractivity contribution < 1.29 is 0 Å². The highest BCUT2D eigenvalue weighted by Crippen LogP contribution is 2.20. The van der Waals surface area contributed by atoms with E-state index in [2.05, 4.69) is 20.5 Å². The number of pyridine rings is 1. The van der Waals surface area contributed by atoms with Gasteiger partial charge in [0.05, 0.1) is 6.20 Å². The molecule has 15 heavy (non-hydrogen) atoms. The van der Waals surface area contributed by atoms with E-state index in [-0.39, 0.29) is 0 Å². The zero-order valence-corrected chi connectivity index (χ0v) is 8.70. The lowest BCUT2D eigenvalue weighted by molar-refractivity contribution is 0.773. The Labute approximate surface area is 88.8 Å². The van der Waals surface area contributed by atoms with Crippen LogP contribution in [-0.4, -0.2) is 28.8 Å². The van der Waals surface area contributed by atoms with Crippen LogP contribution >= 0.6 is 0 Å². The van der Waals surface area contributed by atoms with E-state index in [1.807, 2.05) is 31.6 Å². The average Bonchev–Trinajstić information content (AvgIpc) is 2.75. The Morgan fingerprint density at radius 3 is 3.07 bits per heavy atom. The van der Waals surface area contributed by atoms with Crippen LogP contribution in [0.3, 0.4) is 0 Å². The molecule has 0 radical (unpaired) electrons. The lowest BCUT2D eigenvalue weighted by atomic mass is 10.1. The summed E-state index contributed by atoms with van der Waals surface area (Å²) in [5, 5.41) is 10.2. The van der Waals surface area contributed by atoms with Crippen LogP contribution in [0.1, 0.15) is 5.69 Å². The van der Waals surface area contributed by atoms with Crippen molar-refractivity contribution in [1.82, 2.24) is 20.5 Å². The second kappa shape index (κ2) is 4.70. The largest absolute Gasteiger partial charge is 0.319 e. The maximum Gasteiger partial charge on any atom is 0.0569 e. The molecule has 2 aromatic heterocycles. The van der Waals surface area contributed by atoms with Crippen LogP contribution in [0.2, 0.25) is 0 Å². The van der Waals surface area contributed by atoms with Gasteiger partial charge in [-0.05, 0) is 13.1 Å². The first-order chi connectivity index (χ1) is 7.42. The van der Waals surface area contributed by atoms with E-state index in [0.717, 1.165) is 29.8 Å². The third-order valence-corrected chi connectivity index (χ3v) is 2.32. The number of hydrogen-bond acceptors (Lipinski definition) is 3. The molecule has 0 aliphatic heterocycles. The van der Waals surface area contributed by atoms with Gasteiger partial charge in [0.1, 0.15) is 0 Å². The highest BCUT2D eigenvalue weighted by molar-refractivity contribution is 5.63. The van der Waals surface area contributed by atoms with E-state index in [4.69, 9.17) is 0 Å². The summed E-state index contributed by atoms with van der Waals surface area (Å²) in [6, 6.07) is 3.98. The van der Waals surface area contributed by atoms with Crippen LogP contribution in [0.25, 0.3) is 11.1 Å². The summed E-state index contributed by atoms with van der Waals surface area (Å²) in [5.74, 6) is 0. The number of H-pyrrole nitrogens is 1. The molecule has 0 fully saturated rings. The molecule has 0 bridgehead atoms. The molecule has 0 aliphatic rings. The van der Waals surface area contributed by atoms with E-state index in [0.29, 0.717) is 0 Å². The van der Waals surface area contributed by atoms with Gasteiger partial charge in [-0.25, -0.2) is 0 Å². The van der Waals surface area contributed by atoms with Crippen molar-refractivity contribution in [2.45, 2.75) is 6.42 Å². The van der Waals surface area contributed by atoms with Crippen molar-refractivity contribution in [3.63, 3.8) is 0 Å². The lowest BCUT2D eigenvalue weighted by Crippen LogP contribution is -2.11. The summed E-state index contributed by atoms with van der Waals surface area (Å²) in [6.45, 7) is 0.940. The molecule has 0 spiro atoms. The SMILES string of the molecule is CNCCc1[nH]ncc1-c1cccnc1. The Hall–Kier alpha value is -1.68. The van der Waals surface area contributed by atoms with Gasteiger partial charge in [-0.2, -0.15) is 5.10 Å². The van der Waals surface area contributed by atoms with Crippen LogP contribution in [0.4, 0.5) is 0 Å². The van der Waals surface area contributed by atoms with Gasteiger partial charge in [0.2, 0.25) is 0 Å². The van der Waals surface area contributed by atoms with E-state index in [1.165, 1.54) is 0 Å². The normalized spacial score (nSPS) is 10.5. The fourth-order valence-corrected chi connectivity index (χ4v) is 1.52. The first kappa shape index (κ1) is 9.86. The van der Waals surface area contributed by atoms with Gasteiger partial charge in [-0.15, -0.1) is 0 Å². The first-order valence-corrected chi connectivity index (χ1v) is 4.99. The van der Waals surface area contributed by atoms with Crippen LogP contribution in [0, 0.1) is 0 Å². The van der Waals surface area contributed by atoms with Gasteiger partial charge in [-0.3, -0.25) is 10.1 Å². The predicted molar refractivity (Wildman–Crippen MR) is 59.4 cm³/mol. The predicted octanol–water partition coefficient (Wildman–Crippen LogP) is 1.23. The molecule has 2 aromatic rings. The van der Waals surface area contributed by atoms with Crippen LogP contribution in [-0.2, 0) is 6.42 Å². The number of aromatic nitrogens is 3. The van der Waals surface area contributed by atoms with Gasteiger partial charge >= 0.3 is 0 Å². The molecule has 0 saturated heterocycles. The molecule has 0 unspecified atom stereocenters. The Morgan fingerprint density at radius 1 is 1.40 bits per heavy atom. The topological polar surface area (TPSA) is 53.6 Å². The monoisotopic (exact) mass is 202 g/mol. The van der Waals surface area contributed by atoms with Gasteiger partial charge in [0.15, 0.2) is 0 Å². The number of rotatable bonds is 4. The summed E-state index contributed by atoms with van der Waals surface area (Å²) in [4.78, 5) is 4.10. The highest BCUT2D eigenvalue weighted by Gasteiger charge is 2.06. The number of hydrogen-bond donors (Lipinski definition) is 2. The summed E-state index contributed by atoms with van der Waals surface area (Å²) in [5.41, 5.74) is 3.40. The smallest absolute Gasteiger partial charge is 0.0569 e. The quantitative estimate of drug-likeness (QED) is 0.784. The Morgan fingerprint density at radius 2 is 2.33 bits per heavy atom. The molecule has 2 N–H and O–H groups in total. The third-order valence-electron chi connectivity index (χ3n) is 2.32. The molecule has 0 aromatic carbocycles. The van der Waals surface area contributed by atoms with E-state index >= 15 is 0 Å². The zero-order valence-electron chi connectivity index (χ0n) is 8.70. The number of nitrogens with one attached hydrogen (secondary N) is 2. The molecular weight excluding hydrogens is 188 g/mol. The summed E-state index contributed by atoms with van der Waals surface area (Å²) in [7, 11) is 1.94. The van der Waals surface area contributed by atoms with Crippen molar-refractivity contribution in [1.29, 1.82) is 0 Å². The van der Waals surface area contributed by atoms with Crippen molar-refractivity contribution in [2.24, 2.45) is 0 Å². The van der Waals surface area contributed by atoms with Crippen molar-refractivity contribution in [3.05, 3.63) is 36.4 Å². The van der Waals surface area contributed by atoms with Crippen molar-refractivity contribution in [3.8, 4) is 11.1 Å². The van der Waals surface area contributed by atoms with Crippen LogP contribution in [0.15, 0.2) is 30.7 Å². The maximum atomic E-state index is 4.10. The van der Waals surface area contributed by atoms with Gasteiger partial charge < -0.3 is 5.32 Å². The summed E-state index contributed by atoms with van der Waals surface area (Å²) in [6.07, 6.45) is 6.42. The fraction of sp³-hybridized carbons (Fsp3) is 0.273. The molecule has 0 aliphatic carbocycles. The number of nitrogens with zero attached hydrogens (tertiary/aromatic N) is 2. The van der Waals surface area contributed by atoms with Crippen LogP contribution in [0.5, 0.6) is 0 Å². The summed E-state index contributed by atoms with van der Waals surface area (Å²) < 4.78 is 0. The zero-order chi connectivity index (χ0) is 10.5. The van der Waals surface area contributed by atoms with Crippen molar-refractivity contribution in [2.75, 3.05) is 13.6 Å². The molecule has 0 amide bonds. The minimum absolute atomic E-state index is 0.940. The second-order valence-corrected chi connectivity index (χ2v) is 3.36. The summed E-state index contributed by atoms with van der Waals surface area (Å²) >= 11 is 0. The fourth-order valence-electron chi connectivity index (χ4n) is 1.52. The molecule has 0 atom stereocenters. The number of aromatic amines is 1. The standard InChI is InChI=1S/C11H14N4/c1-12-6-4-11-10(8-14-15-11)9-3-2-5-13-7-9/h2-3,5,7-8,12H,4,6H2,1H3,(H,14,15). The first-order valence-electron chi connectivity index (χ1n) is 4.99. The maximum absolute atomic E-state index is 4.10. The molecule has 4 nitrogen and oxygen atoms in total. The van der Waals surface area contributed by atoms with E-state index in [9.17, 15) is 0 Å². The third kappa shape index (κ3) is 2.22. The minimum Gasteiger partial charge on any atom is -0.319 e. The highest BCUT2D eigenvalue weighted by atomic mass is 15.1. The molecule has 0 saturated carbocycles. The second-order valence-electron chi connectivity index (χ2n) is 3.36. The molecular formula is C11H14N4. The van der Waals surface area contributed by atoms with E-state index in [1.54, 1.807) is 6.20 Å². The molecule has 78 valence electrons. The van der Waals surface area contributed by atoms with Crippen molar-refractivity contribution >= 4 is 0 Å². The Bertz CT molecular complexity index is 408. The van der Waals surface area contributed by atoms with Gasteiger partial charge in [0, 0.05) is 42.2 Å². The molecule has 4 heteroatoms. The van der Waals surface area contributed by atoms with E-state index < -0.39 is 0 Å². The van der Waals surface area contributed by atoms with Gasteiger partial charge in [0.25, 0.3) is 0 Å². The Balaban J connectivity index is 2.25. The molecule has 2 rings (SSSR count). The molecule has 2 heterocycles. The van der Waals surface area contributed by atoms with Crippen LogP contribution < -0.4 is 5.32 Å². The minimum atomic E-state index is 0.940. The lowest BCUT2D eigenvalue weighted by Gasteiger charge is -2.02. The number of likely N-dealkylation sites (N-methyl/N-ethyl adjacent to an activating group) is 1. The van der Waals surface area contributed by atoms with Gasteiger partial charge in [-0.1, -0.05) is 6.07 Å².